The standard InChI is InChI=1S/C3H6OS2.NO3.Pb/c1-2-4-3(5)6;2-1(3)4;/h2H2,1H3,(H,5,6);;/q;-1;+2/p-1. The Bertz CT molecular complexity index is 154. The zero-order chi connectivity index (χ0) is 8.69. The predicted molar refractivity (Wildman–Crippen MR) is 45.6 cm³/mol. The van der Waals surface area contributed by atoms with E-state index in [0.29, 0.717) is 11.0 Å². The van der Waals surface area contributed by atoms with E-state index in [-0.39, 0.29) is 0 Å². The molecule has 0 atom stereocenters. The third kappa shape index (κ3) is 8.27. The van der Waals surface area contributed by atoms with Gasteiger partial charge in [0.05, 0.1) is 0 Å². The first-order chi connectivity index (χ1) is 5.16. The Labute approximate surface area is 83.9 Å². The molecule has 0 aromatic heterocycles. The SMILES string of the molecule is CCOC(=S)[S][Pb][O][N+](=O)[O-]. The average Bonchev–Trinajstić information content (AvgIpc) is 1.87. The van der Waals surface area contributed by atoms with Crippen LogP contribution in [0.2, 0.25) is 0 Å². The molecule has 0 aliphatic heterocycles. The second-order valence-electron chi connectivity index (χ2n) is 1.18. The van der Waals surface area contributed by atoms with Gasteiger partial charge in [-0.3, -0.25) is 0 Å². The van der Waals surface area contributed by atoms with Crippen LogP contribution in [-0.4, -0.2) is 39.3 Å². The van der Waals surface area contributed by atoms with Gasteiger partial charge in [-0.2, -0.15) is 0 Å². The molecule has 11 heavy (non-hydrogen) atoms. The van der Waals surface area contributed by atoms with Crippen LogP contribution in [-0.2, 0) is 7.52 Å². The minimum absolute atomic E-state index is 0.345. The molecular formula is C3H5NO4PbS2. The van der Waals surface area contributed by atoms with Gasteiger partial charge < -0.3 is 0 Å². The molecule has 0 aliphatic rings. The number of hydrogen-bond donors (Lipinski definition) is 0. The van der Waals surface area contributed by atoms with Crippen molar-refractivity contribution in [1.82, 2.24) is 0 Å². The zero-order valence-electron chi connectivity index (χ0n) is 5.60. The summed E-state index contributed by atoms with van der Waals surface area (Å²) in [6, 6.07) is 0. The van der Waals surface area contributed by atoms with Crippen LogP contribution in [0.15, 0.2) is 0 Å². The second kappa shape index (κ2) is 7.04. The second-order valence-corrected chi connectivity index (χ2v) is 7.59. The molecule has 0 aliphatic carbocycles. The van der Waals surface area contributed by atoms with Gasteiger partial charge >= 0.3 is 84.4 Å². The molecule has 0 fully saturated rings. The number of ether oxygens (including phenoxy) is 1. The molecule has 62 valence electrons. The molecule has 8 heteroatoms. The Morgan fingerprint density at radius 2 is 2.55 bits per heavy atom. The summed E-state index contributed by atoms with van der Waals surface area (Å²) < 4.78 is 9.38. The summed E-state index contributed by atoms with van der Waals surface area (Å²) in [4.78, 5) is 9.67. The molecule has 0 aromatic rings. The van der Waals surface area contributed by atoms with Gasteiger partial charge in [0.1, 0.15) is 0 Å². The van der Waals surface area contributed by atoms with Crippen molar-refractivity contribution in [2.75, 3.05) is 6.61 Å². The van der Waals surface area contributed by atoms with E-state index in [2.05, 4.69) is 2.79 Å². The maximum atomic E-state index is 9.67. The van der Waals surface area contributed by atoms with Crippen LogP contribution in [0, 0.1) is 10.1 Å². The molecule has 0 unspecified atom stereocenters. The van der Waals surface area contributed by atoms with E-state index in [4.69, 9.17) is 17.0 Å². The van der Waals surface area contributed by atoms with Crippen LogP contribution < -0.4 is 0 Å². The van der Waals surface area contributed by atoms with Gasteiger partial charge in [0, 0.05) is 0 Å². The molecule has 0 amide bonds. The van der Waals surface area contributed by atoms with Crippen molar-refractivity contribution >= 4 is 48.1 Å². The molecular weight excluding hydrogens is 385 g/mol. The molecule has 0 saturated heterocycles. The molecule has 0 N–H and O–H groups in total. The fourth-order valence-corrected chi connectivity index (χ4v) is 4.21. The van der Waals surface area contributed by atoms with Gasteiger partial charge in [-0.15, -0.1) is 0 Å². The van der Waals surface area contributed by atoms with E-state index in [9.17, 15) is 10.1 Å². The normalized spacial score (nSPS) is 8.82. The van der Waals surface area contributed by atoms with Crippen LogP contribution in [0.5, 0.6) is 0 Å². The van der Waals surface area contributed by atoms with E-state index in [1.807, 2.05) is 0 Å². The average molecular weight is 390 g/mol. The van der Waals surface area contributed by atoms with Crippen molar-refractivity contribution in [3.05, 3.63) is 10.1 Å². The first-order valence-electron chi connectivity index (χ1n) is 2.56. The van der Waals surface area contributed by atoms with Crippen molar-refractivity contribution in [3.63, 3.8) is 0 Å². The van der Waals surface area contributed by atoms with Crippen molar-refractivity contribution in [1.29, 1.82) is 0 Å². The molecule has 0 bridgehead atoms. The number of hydrogen-bond acceptors (Lipinski definition) is 6. The van der Waals surface area contributed by atoms with Crippen LogP contribution in [0.25, 0.3) is 0 Å². The molecule has 0 saturated carbocycles. The molecule has 0 spiro atoms. The Morgan fingerprint density at radius 1 is 1.91 bits per heavy atom. The fraction of sp³-hybridized carbons (Fsp3) is 0.667. The van der Waals surface area contributed by atoms with Crippen molar-refractivity contribution in [3.8, 4) is 0 Å². The first kappa shape index (κ1) is 11.4. The molecule has 5 nitrogen and oxygen atoms in total. The summed E-state index contributed by atoms with van der Waals surface area (Å²) in [5, 5.41) is 8.89. The predicted octanol–water partition coefficient (Wildman–Crippen LogP) is 0.784. The minimum atomic E-state index is -1.71. The number of rotatable bonds is 4. The third-order valence-electron chi connectivity index (χ3n) is 0.499. The van der Waals surface area contributed by atoms with Gasteiger partial charge in [-0.25, -0.2) is 0 Å². The van der Waals surface area contributed by atoms with Gasteiger partial charge in [0.25, 0.3) is 0 Å². The van der Waals surface area contributed by atoms with Crippen LogP contribution in [0.1, 0.15) is 6.92 Å². The number of nitrogens with zero attached hydrogens (tertiary/aromatic N) is 1. The van der Waals surface area contributed by atoms with E-state index in [1.54, 1.807) is 6.92 Å². The summed E-state index contributed by atoms with van der Waals surface area (Å²) in [6.07, 6.45) is 0. The van der Waals surface area contributed by atoms with Gasteiger partial charge in [0.2, 0.25) is 0 Å². The van der Waals surface area contributed by atoms with Crippen LogP contribution >= 0.6 is 20.5 Å². The number of thiocarbonyl (C=S) groups is 1. The van der Waals surface area contributed by atoms with Crippen molar-refractivity contribution < 1.29 is 12.6 Å². The summed E-state index contributed by atoms with van der Waals surface area (Å²) in [5.74, 6) is 0. The van der Waals surface area contributed by atoms with E-state index in [1.165, 1.54) is 8.31 Å². The third-order valence-corrected chi connectivity index (χ3v) is 7.62. The monoisotopic (exact) mass is 391 g/mol. The van der Waals surface area contributed by atoms with Crippen molar-refractivity contribution in [2.45, 2.75) is 6.92 Å². The van der Waals surface area contributed by atoms with E-state index >= 15 is 0 Å². The van der Waals surface area contributed by atoms with Crippen LogP contribution in [0.4, 0.5) is 0 Å². The quantitative estimate of drug-likeness (QED) is 0.306. The first-order valence-corrected chi connectivity index (χ1v) is 10.1. The Balaban J connectivity index is 3.24. The zero-order valence-corrected chi connectivity index (χ0v) is 11.1. The van der Waals surface area contributed by atoms with E-state index < -0.39 is 28.3 Å². The van der Waals surface area contributed by atoms with Gasteiger partial charge in [-0.1, -0.05) is 0 Å². The topological polar surface area (TPSA) is 61.6 Å². The van der Waals surface area contributed by atoms with Gasteiger partial charge in [0.15, 0.2) is 0 Å². The van der Waals surface area contributed by atoms with E-state index in [0.717, 1.165) is 0 Å². The van der Waals surface area contributed by atoms with Crippen LogP contribution in [0.3, 0.4) is 0 Å². The molecule has 0 heterocycles. The fourth-order valence-electron chi connectivity index (χ4n) is 0.230. The Kier molecular flexibility index (Phi) is 7.27. The Hall–Kier alpha value is 0.362. The maximum absolute atomic E-state index is 9.67. The molecule has 0 aromatic carbocycles. The van der Waals surface area contributed by atoms with Gasteiger partial charge in [-0.05, 0) is 0 Å². The molecule has 0 rings (SSSR count). The Morgan fingerprint density at radius 3 is 3.00 bits per heavy atom. The molecule has 2 radical (unpaired) electrons. The summed E-state index contributed by atoms with van der Waals surface area (Å²) in [5.41, 5.74) is 0. The summed E-state index contributed by atoms with van der Waals surface area (Å²) in [7, 11) is 1.17. The summed E-state index contributed by atoms with van der Waals surface area (Å²) in [6.45, 7) is 2.29. The summed E-state index contributed by atoms with van der Waals surface area (Å²) >= 11 is 2.99. The van der Waals surface area contributed by atoms with Crippen molar-refractivity contribution in [2.24, 2.45) is 0 Å².